The lowest BCUT2D eigenvalue weighted by Gasteiger charge is -2.24. The maximum atomic E-state index is 9.61. The smallest absolute Gasteiger partial charge is 0.120 e. The third-order valence-corrected chi connectivity index (χ3v) is 4.65. The van der Waals surface area contributed by atoms with Crippen LogP contribution in [0.3, 0.4) is 0 Å². The van der Waals surface area contributed by atoms with Crippen LogP contribution < -0.4 is 0 Å². The van der Waals surface area contributed by atoms with Gasteiger partial charge in [-0.2, -0.15) is 0 Å². The van der Waals surface area contributed by atoms with Gasteiger partial charge in [0.15, 0.2) is 0 Å². The molecule has 0 spiro atoms. The Labute approximate surface area is 146 Å². The van der Waals surface area contributed by atoms with E-state index in [9.17, 15) is 5.21 Å². The zero-order valence-corrected chi connectivity index (χ0v) is 15.0. The van der Waals surface area contributed by atoms with Crippen LogP contribution in [0.15, 0.2) is 65.3 Å². The van der Waals surface area contributed by atoms with E-state index in [0.717, 1.165) is 27.2 Å². The number of nitrogens with zero attached hydrogens (tertiary/aromatic N) is 3. The van der Waals surface area contributed by atoms with Crippen molar-refractivity contribution in [2.45, 2.75) is 6.54 Å². The Morgan fingerprint density at radius 2 is 1.83 bits per heavy atom. The first-order chi connectivity index (χ1) is 11.5. The molecule has 24 heavy (non-hydrogen) atoms. The van der Waals surface area contributed by atoms with Crippen molar-refractivity contribution in [2.75, 3.05) is 21.1 Å². The summed E-state index contributed by atoms with van der Waals surface area (Å²) in [6.45, 7) is 0.918. The molecule has 0 aliphatic rings. The molecule has 3 rings (SSSR count). The maximum absolute atomic E-state index is 9.61. The van der Waals surface area contributed by atoms with Crippen molar-refractivity contribution >= 4 is 17.0 Å². The molecular weight excluding hydrogens is 318 g/mol. The Balaban J connectivity index is 2.05. The lowest BCUT2D eigenvalue weighted by atomic mass is 10.0. The predicted molar refractivity (Wildman–Crippen MR) is 99.2 cm³/mol. The van der Waals surface area contributed by atoms with E-state index in [0.29, 0.717) is 5.71 Å². The van der Waals surface area contributed by atoms with Crippen LogP contribution >= 0.6 is 11.3 Å². The first kappa shape index (κ1) is 16.5. The summed E-state index contributed by atoms with van der Waals surface area (Å²) in [7, 11) is 6.53. The highest BCUT2D eigenvalue weighted by molar-refractivity contribution is 7.13. The minimum atomic E-state index is 0.594. The summed E-state index contributed by atoms with van der Waals surface area (Å²) in [6.07, 6.45) is 2.07. The molecule has 0 amide bonds. The molecule has 124 valence electrons. The van der Waals surface area contributed by atoms with Gasteiger partial charge in [-0.25, -0.2) is 0 Å². The van der Waals surface area contributed by atoms with Crippen molar-refractivity contribution in [2.24, 2.45) is 5.16 Å². The number of rotatable bonds is 5. The first-order valence-electron chi connectivity index (χ1n) is 7.82. The molecule has 2 heterocycles. The van der Waals surface area contributed by atoms with E-state index < -0.39 is 0 Å². The third-order valence-electron chi connectivity index (χ3n) is 3.74. The van der Waals surface area contributed by atoms with Gasteiger partial charge in [0.05, 0.1) is 26.8 Å². The minimum Gasteiger partial charge on any atom is -0.410 e. The van der Waals surface area contributed by atoms with Gasteiger partial charge in [0.2, 0.25) is 0 Å². The quantitative estimate of drug-likeness (QED) is 0.324. The van der Waals surface area contributed by atoms with Gasteiger partial charge in [-0.05, 0) is 23.6 Å². The van der Waals surface area contributed by atoms with Crippen molar-refractivity contribution in [3.63, 3.8) is 0 Å². The molecule has 0 bridgehead atoms. The van der Waals surface area contributed by atoms with Crippen LogP contribution in [0.2, 0.25) is 0 Å². The zero-order chi connectivity index (χ0) is 17.2. The second-order valence-electron chi connectivity index (χ2n) is 6.77. The van der Waals surface area contributed by atoms with Gasteiger partial charge < -0.3 is 14.3 Å². The van der Waals surface area contributed by atoms with Crippen molar-refractivity contribution < 1.29 is 9.69 Å². The molecule has 4 nitrogen and oxygen atoms in total. The van der Waals surface area contributed by atoms with Gasteiger partial charge in [-0.3, -0.25) is 0 Å². The van der Waals surface area contributed by atoms with Crippen LogP contribution in [0.5, 0.6) is 0 Å². The molecule has 3 aromatic rings. The van der Waals surface area contributed by atoms with E-state index in [1.54, 1.807) is 11.3 Å². The molecule has 0 saturated carbocycles. The van der Waals surface area contributed by atoms with Gasteiger partial charge in [0.1, 0.15) is 17.3 Å². The van der Waals surface area contributed by atoms with E-state index in [2.05, 4.69) is 49.2 Å². The SMILES string of the molecule is C[N+](C)(C)Cc1cccn1-c1sccc1/C(=N/O)c1ccccc1. The number of hydrogen-bond acceptors (Lipinski definition) is 3. The van der Waals surface area contributed by atoms with Crippen LogP contribution in [0.1, 0.15) is 16.8 Å². The Hall–Kier alpha value is -2.37. The Morgan fingerprint density at radius 3 is 2.50 bits per heavy atom. The largest absolute Gasteiger partial charge is 0.410 e. The van der Waals surface area contributed by atoms with Crippen molar-refractivity contribution in [1.82, 2.24) is 4.57 Å². The van der Waals surface area contributed by atoms with E-state index in [1.807, 2.05) is 41.8 Å². The number of quaternary nitrogens is 1. The average molecular weight is 340 g/mol. The second kappa shape index (κ2) is 6.63. The number of aromatic nitrogens is 1. The van der Waals surface area contributed by atoms with Gasteiger partial charge in [0.25, 0.3) is 0 Å². The summed E-state index contributed by atoms with van der Waals surface area (Å²) in [4.78, 5) is 0. The predicted octanol–water partition coefficient (Wildman–Crippen LogP) is 3.97. The number of hydrogen-bond donors (Lipinski definition) is 1. The number of oxime groups is 1. The van der Waals surface area contributed by atoms with Crippen LogP contribution in [0, 0.1) is 0 Å². The van der Waals surface area contributed by atoms with Gasteiger partial charge in [-0.15, -0.1) is 11.3 Å². The zero-order valence-electron chi connectivity index (χ0n) is 14.2. The van der Waals surface area contributed by atoms with E-state index in [-0.39, 0.29) is 0 Å². The van der Waals surface area contributed by atoms with Crippen LogP contribution in [0.25, 0.3) is 5.00 Å². The van der Waals surface area contributed by atoms with Gasteiger partial charge >= 0.3 is 0 Å². The van der Waals surface area contributed by atoms with Crippen LogP contribution in [0.4, 0.5) is 0 Å². The van der Waals surface area contributed by atoms with E-state index in [1.165, 1.54) is 5.69 Å². The van der Waals surface area contributed by atoms with Crippen molar-refractivity contribution in [3.05, 3.63) is 76.9 Å². The fraction of sp³-hybridized carbons (Fsp3) is 0.211. The number of benzene rings is 1. The number of thiophene rings is 1. The van der Waals surface area contributed by atoms with Crippen molar-refractivity contribution in [3.8, 4) is 5.00 Å². The molecule has 0 radical (unpaired) electrons. The first-order valence-corrected chi connectivity index (χ1v) is 8.70. The monoisotopic (exact) mass is 340 g/mol. The Morgan fingerprint density at radius 1 is 1.08 bits per heavy atom. The lowest BCUT2D eigenvalue weighted by molar-refractivity contribution is -0.884. The molecule has 1 N–H and O–H groups in total. The fourth-order valence-electron chi connectivity index (χ4n) is 2.76. The highest BCUT2D eigenvalue weighted by Gasteiger charge is 2.19. The maximum Gasteiger partial charge on any atom is 0.120 e. The van der Waals surface area contributed by atoms with Crippen LogP contribution in [-0.2, 0) is 6.54 Å². The standard InChI is InChI=1S/C19H21N3OS/c1-22(2,3)14-16-10-7-12-21(16)19-17(11-13-24-19)18(20-23)15-8-5-4-6-9-15/h4-13H,14H2,1-3H3/p+1/b20-18+. The topological polar surface area (TPSA) is 37.5 Å². The molecule has 0 saturated heterocycles. The average Bonchev–Trinajstić information content (AvgIpc) is 3.17. The highest BCUT2D eigenvalue weighted by atomic mass is 32.1. The second-order valence-corrected chi connectivity index (χ2v) is 7.67. The van der Waals surface area contributed by atoms with E-state index in [4.69, 9.17) is 0 Å². The normalized spacial score (nSPS) is 12.5. The summed E-state index contributed by atoms with van der Waals surface area (Å²) < 4.78 is 3.04. The van der Waals surface area contributed by atoms with Crippen molar-refractivity contribution in [1.29, 1.82) is 0 Å². The van der Waals surface area contributed by atoms with Crippen LogP contribution in [-0.4, -0.2) is 41.1 Å². The molecule has 0 aliphatic carbocycles. The Bertz CT molecular complexity index is 841. The molecule has 0 aliphatic heterocycles. The Kier molecular flexibility index (Phi) is 4.55. The molecule has 0 unspecified atom stereocenters. The molecule has 2 aromatic heterocycles. The minimum absolute atomic E-state index is 0.594. The lowest BCUT2D eigenvalue weighted by Crippen LogP contribution is -2.34. The molecular formula is C19H22N3OS+. The third kappa shape index (κ3) is 3.42. The summed E-state index contributed by atoms with van der Waals surface area (Å²) >= 11 is 1.65. The summed E-state index contributed by atoms with van der Waals surface area (Å²) in [5.41, 5.74) is 3.67. The molecule has 5 heteroatoms. The molecule has 0 fully saturated rings. The fourth-order valence-corrected chi connectivity index (χ4v) is 3.68. The van der Waals surface area contributed by atoms with Gasteiger partial charge in [-0.1, -0.05) is 35.5 Å². The molecule has 1 aromatic carbocycles. The van der Waals surface area contributed by atoms with E-state index >= 15 is 0 Å². The summed E-state index contributed by atoms with van der Waals surface area (Å²) in [6, 6.07) is 16.0. The highest BCUT2D eigenvalue weighted by Crippen LogP contribution is 2.27. The van der Waals surface area contributed by atoms with Gasteiger partial charge in [0, 0.05) is 17.3 Å². The summed E-state index contributed by atoms with van der Waals surface area (Å²) in [5.74, 6) is 0. The summed E-state index contributed by atoms with van der Waals surface area (Å²) in [5, 5.41) is 16.3. The molecule has 0 atom stereocenters.